The zero-order valence-electron chi connectivity index (χ0n) is 21.1. The van der Waals surface area contributed by atoms with E-state index < -0.39 is 0 Å². The summed E-state index contributed by atoms with van der Waals surface area (Å²) < 4.78 is 6.50. The molecule has 1 heterocycles. The summed E-state index contributed by atoms with van der Waals surface area (Å²) >= 11 is 6.36. The fourth-order valence-electron chi connectivity index (χ4n) is 5.37. The van der Waals surface area contributed by atoms with Crippen molar-refractivity contribution >= 4 is 50.6 Å². The van der Waals surface area contributed by atoms with Crippen molar-refractivity contribution in [1.82, 2.24) is 0 Å². The first-order chi connectivity index (χ1) is 19.3. The lowest BCUT2D eigenvalue weighted by Crippen LogP contribution is -2.09. The number of nitrogens with zero attached hydrogens (tertiary/aromatic N) is 1. The van der Waals surface area contributed by atoms with Crippen LogP contribution in [-0.4, -0.2) is 0 Å². The number of hydrogen-bond acceptors (Lipinski definition) is 2. The molecule has 0 aliphatic carbocycles. The van der Waals surface area contributed by atoms with E-state index in [-0.39, 0.29) is 0 Å². The van der Waals surface area contributed by atoms with E-state index in [0.29, 0.717) is 5.02 Å². The Morgan fingerprint density at radius 2 is 1.08 bits per heavy atom. The number of rotatable bonds is 5. The van der Waals surface area contributed by atoms with E-state index in [1.165, 1.54) is 0 Å². The molecule has 1 aromatic heterocycles. The van der Waals surface area contributed by atoms with Crippen LogP contribution in [0, 0.1) is 0 Å². The van der Waals surface area contributed by atoms with Gasteiger partial charge in [0.1, 0.15) is 11.2 Å². The highest BCUT2D eigenvalue weighted by Gasteiger charge is 2.19. The molecule has 0 aliphatic heterocycles. The second-order valence-electron chi connectivity index (χ2n) is 9.53. The quantitative estimate of drug-likeness (QED) is 0.224. The molecule has 0 spiro atoms. The van der Waals surface area contributed by atoms with Gasteiger partial charge in [-0.2, -0.15) is 0 Å². The van der Waals surface area contributed by atoms with Gasteiger partial charge in [-0.05, 0) is 77.4 Å². The first-order valence-electron chi connectivity index (χ1n) is 13.0. The summed E-state index contributed by atoms with van der Waals surface area (Å²) in [6.07, 6.45) is 0. The van der Waals surface area contributed by atoms with Crippen molar-refractivity contribution in [2.75, 3.05) is 4.90 Å². The normalized spacial score (nSPS) is 11.2. The fraction of sp³-hybridized carbons (Fsp3) is 0. The van der Waals surface area contributed by atoms with Crippen molar-refractivity contribution in [3.05, 3.63) is 151 Å². The van der Waals surface area contributed by atoms with Crippen molar-refractivity contribution in [3.8, 4) is 22.3 Å². The summed E-state index contributed by atoms with van der Waals surface area (Å²) in [7, 11) is 0. The predicted octanol–water partition coefficient (Wildman–Crippen LogP) is 11.0. The number of hydrogen-bond donors (Lipinski definition) is 0. The van der Waals surface area contributed by atoms with Crippen LogP contribution in [0.25, 0.3) is 44.2 Å². The zero-order chi connectivity index (χ0) is 26.2. The van der Waals surface area contributed by atoms with Crippen LogP contribution in [0.2, 0.25) is 5.02 Å². The molecule has 0 unspecified atom stereocenters. The molecule has 3 heteroatoms. The Hall–Kier alpha value is -4.79. The SMILES string of the molecule is Clc1cccc(-c2ccc(-c3cccc(N(c4ccccc4)c4ccccc4)c3)c3c2oc2ccccc23)c1. The van der Waals surface area contributed by atoms with Crippen LogP contribution in [0.3, 0.4) is 0 Å². The van der Waals surface area contributed by atoms with Crippen molar-refractivity contribution < 1.29 is 4.42 Å². The number of furan rings is 1. The van der Waals surface area contributed by atoms with Gasteiger partial charge >= 0.3 is 0 Å². The maximum Gasteiger partial charge on any atom is 0.143 e. The molecule has 0 aliphatic rings. The molecule has 0 saturated carbocycles. The van der Waals surface area contributed by atoms with E-state index in [1.807, 2.05) is 42.5 Å². The van der Waals surface area contributed by atoms with E-state index in [0.717, 1.165) is 61.3 Å². The maximum atomic E-state index is 6.50. The average Bonchev–Trinajstić information content (AvgIpc) is 3.38. The zero-order valence-corrected chi connectivity index (χ0v) is 21.8. The summed E-state index contributed by atoms with van der Waals surface area (Å²) in [6, 6.07) is 50.2. The molecule has 0 atom stereocenters. The molecule has 7 rings (SSSR count). The topological polar surface area (TPSA) is 16.4 Å². The van der Waals surface area contributed by atoms with Crippen LogP contribution in [0.5, 0.6) is 0 Å². The minimum Gasteiger partial charge on any atom is -0.455 e. The van der Waals surface area contributed by atoms with Crippen LogP contribution in [0.1, 0.15) is 0 Å². The average molecular weight is 522 g/mol. The largest absolute Gasteiger partial charge is 0.455 e. The Bertz CT molecular complexity index is 1890. The van der Waals surface area contributed by atoms with Crippen LogP contribution >= 0.6 is 11.6 Å². The van der Waals surface area contributed by atoms with E-state index in [2.05, 4.69) is 108 Å². The Kier molecular flexibility index (Phi) is 5.88. The van der Waals surface area contributed by atoms with Gasteiger partial charge in [0.15, 0.2) is 0 Å². The molecule has 39 heavy (non-hydrogen) atoms. The van der Waals surface area contributed by atoms with Gasteiger partial charge in [0.25, 0.3) is 0 Å². The summed E-state index contributed by atoms with van der Waals surface area (Å²) in [5.74, 6) is 0. The predicted molar refractivity (Wildman–Crippen MR) is 164 cm³/mol. The molecule has 186 valence electrons. The van der Waals surface area contributed by atoms with Crippen molar-refractivity contribution in [3.63, 3.8) is 0 Å². The van der Waals surface area contributed by atoms with E-state index >= 15 is 0 Å². The Morgan fingerprint density at radius 3 is 1.79 bits per heavy atom. The first-order valence-corrected chi connectivity index (χ1v) is 13.3. The lowest BCUT2D eigenvalue weighted by molar-refractivity contribution is 0.670. The van der Waals surface area contributed by atoms with Gasteiger partial charge in [0.05, 0.1) is 0 Å². The number of benzene rings is 6. The van der Waals surface area contributed by atoms with Crippen LogP contribution < -0.4 is 4.90 Å². The lowest BCUT2D eigenvalue weighted by atomic mass is 9.94. The Labute approximate surface area is 232 Å². The number of para-hydroxylation sites is 3. The molecule has 0 radical (unpaired) electrons. The third kappa shape index (κ3) is 4.25. The highest BCUT2D eigenvalue weighted by molar-refractivity contribution is 6.31. The van der Waals surface area contributed by atoms with Crippen LogP contribution in [0.4, 0.5) is 17.1 Å². The summed E-state index contributed by atoms with van der Waals surface area (Å²) in [6.45, 7) is 0. The summed E-state index contributed by atoms with van der Waals surface area (Å²) in [5.41, 5.74) is 9.35. The van der Waals surface area contributed by atoms with E-state index in [4.69, 9.17) is 16.0 Å². The lowest BCUT2D eigenvalue weighted by Gasteiger charge is -2.26. The molecular formula is C36H24ClNO. The number of halogens is 1. The van der Waals surface area contributed by atoms with Gasteiger partial charge in [-0.3, -0.25) is 0 Å². The van der Waals surface area contributed by atoms with Gasteiger partial charge in [-0.1, -0.05) is 96.5 Å². The fourth-order valence-corrected chi connectivity index (χ4v) is 5.56. The molecule has 6 aromatic carbocycles. The minimum atomic E-state index is 0.704. The highest BCUT2D eigenvalue weighted by Crippen LogP contribution is 2.43. The molecule has 0 bridgehead atoms. The Balaban J connectivity index is 1.45. The van der Waals surface area contributed by atoms with Crippen LogP contribution in [0.15, 0.2) is 150 Å². The maximum absolute atomic E-state index is 6.50. The van der Waals surface area contributed by atoms with E-state index in [9.17, 15) is 0 Å². The molecule has 0 N–H and O–H groups in total. The van der Waals surface area contributed by atoms with Gasteiger partial charge in [-0.25, -0.2) is 0 Å². The number of fused-ring (bicyclic) bond motifs is 3. The van der Waals surface area contributed by atoms with Gasteiger partial charge in [0.2, 0.25) is 0 Å². The number of anilines is 3. The van der Waals surface area contributed by atoms with Gasteiger partial charge < -0.3 is 9.32 Å². The minimum absolute atomic E-state index is 0.704. The third-order valence-electron chi connectivity index (χ3n) is 7.11. The van der Waals surface area contributed by atoms with Crippen molar-refractivity contribution in [2.24, 2.45) is 0 Å². The molecule has 0 amide bonds. The first kappa shape index (κ1) is 23.3. The van der Waals surface area contributed by atoms with Crippen molar-refractivity contribution in [2.45, 2.75) is 0 Å². The van der Waals surface area contributed by atoms with E-state index in [1.54, 1.807) is 0 Å². The smallest absolute Gasteiger partial charge is 0.143 e. The summed E-state index contributed by atoms with van der Waals surface area (Å²) in [4.78, 5) is 2.29. The summed E-state index contributed by atoms with van der Waals surface area (Å²) in [5, 5.41) is 2.90. The molecule has 7 aromatic rings. The molecular weight excluding hydrogens is 498 g/mol. The monoisotopic (exact) mass is 521 g/mol. The molecule has 2 nitrogen and oxygen atoms in total. The van der Waals surface area contributed by atoms with Gasteiger partial charge in [-0.15, -0.1) is 0 Å². The third-order valence-corrected chi connectivity index (χ3v) is 7.34. The second kappa shape index (κ2) is 9.83. The molecule has 0 saturated heterocycles. The second-order valence-corrected chi connectivity index (χ2v) is 9.97. The molecule has 0 fully saturated rings. The highest BCUT2D eigenvalue weighted by atomic mass is 35.5. The standard InChI is InChI=1S/C36H24ClNO/c37-27-13-9-11-25(23-27)32-22-21-31(35-33-19-7-8-20-34(33)39-36(32)35)26-12-10-18-30(24-26)38(28-14-3-1-4-15-28)29-16-5-2-6-17-29/h1-24H. The van der Waals surface area contributed by atoms with Crippen LogP contribution in [-0.2, 0) is 0 Å². The van der Waals surface area contributed by atoms with Crippen molar-refractivity contribution in [1.29, 1.82) is 0 Å². The van der Waals surface area contributed by atoms with Gasteiger partial charge in [0, 0.05) is 38.4 Å². The Morgan fingerprint density at radius 1 is 0.487 bits per heavy atom.